The first-order valence-corrected chi connectivity index (χ1v) is 10.4. The van der Waals surface area contributed by atoms with Crippen molar-refractivity contribution in [3.05, 3.63) is 34.5 Å². The minimum atomic E-state index is -0.459. The molecule has 2 aromatic rings. The van der Waals surface area contributed by atoms with Crippen molar-refractivity contribution in [2.75, 3.05) is 36.4 Å². The third-order valence-corrected chi connectivity index (χ3v) is 6.69. The fourth-order valence-corrected chi connectivity index (χ4v) is 5.20. The Morgan fingerprint density at radius 2 is 1.89 bits per heavy atom. The van der Waals surface area contributed by atoms with Gasteiger partial charge in [-0.2, -0.15) is 0 Å². The van der Waals surface area contributed by atoms with Crippen LogP contribution < -0.4 is 16.0 Å². The average molecular weight is 401 g/mol. The molecule has 1 saturated heterocycles. The maximum absolute atomic E-state index is 12.8. The Morgan fingerprint density at radius 3 is 2.57 bits per heavy atom. The first kappa shape index (κ1) is 18.8. The number of aromatic nitrogens is 2. The maximum Gasteiger partial charge on any atom is 0.251 e. The summed E-state index contributed by atoms with van der Waals surface area (Å²) < 4.78 is 0. The number of primary amides is 1. The summed E-state index contributed by atoms with van der Waals surface area (Å²) in [6, 6.07) is 1.50. The first-order valence-electron chi connectivity index (χ1n) is 9.56. The third-order valence-electron chi connectivity index (χ3n) is 5.48. The number of aryl methyl sites for hydroxylation is 1. The molecule has 3 heterocycles. The fourth-order valence-electron chi connectivity index (χ4n) is 3.90. The summed E-state index contributed by atoms with van der Waals surface area (Å²) in [7, 11) is 0. The molecule has 0 unspecified atom stereocenters. The lowest BCUT2D eigenvalue weighted by Crippen LogP contribution is -2.53. The highest BCUT2D eigenvalue weighted by atomic mass is 32.1. The minimum Gasteiger partial charge on any atom is -0.365 e. The Bertz CT molecular complexity index is 876. The Morgan fingerprint density at radius 1 is 1.18 bits per heavy atom. The number of anilines is 2. The van der Waals surface area contributed by atoms with Crippen LogP contribution in [0.1, 0.15) is 34.1 Å². The molecule has 0 aromatic carbocycles. The second-order valence-electron chi connectivity index (χ2n) is 7.16. The van der Waals surface area contributed by atoms with E-state index in [4.69, 9.17) is 5.73 Å². The largest absolute Gasteiger partial charge is 0.365 e. The van der Waals surface area contributed by atoms with Gasteiger partial charge in [-0.15, -0.1) is 11.3 Å². The molecule has 2 amide bonds. The standard InChI is InChI=1S/C19H24N6O2S/c1-12(24-8-10-25(11-9-24)19-21-6-3-7-22-19)17(27)23-18-15(16(20)26)13-4-2-5-14(13)28-18/h3,6-7,12H,2,4-5,8-11H2,1H3,(H2,20,26)(H,23,27)/t12-/m1/s1. The zero-order valence-corrected chi connectivity index (χ0v) is 16.7. The lowest BCUT2D eigenvalue weighted by molar-refractivity contribution is -0.120. The van der Waals surface area contributed by atoms with Gasteiger partial charge in [-0.3, -0.25) is 14.5 Å². The number of carbonyl (C=O) groups excluding carboxylic acids is 2. The Balaban J connectivity index is 1.39. The van der Waals surface area contributed by atoms with E-state index in [9.17, 15) is 9.59 Å². The van der Waals surface area contributed by atoms with E-state index in [0.29, 0.717) is 10.6 Å². The Kier molecular flexibility index (Phi) is 5.27. The van der Waals surface area contributed by atoms with Crippen LogP contribution in [0.5, 0.6) is 0 Å². The third kappa shape index (κ3) is 3.59. The molecule has 148 valence electrons. The number of nitrogens with one attached hydrogen (secondary N) is 1. The molecule has 2 aliphatic rings. The van der Waals surface area contributed by atoms with E-state index >= 15 is 0 Å². The molecule has 1 atom stereocenters. The normalized spacial score (nSPS) is 18.0. The molecule has 0 bridgehead atoms. The smallest absolute Gasteiger partial charge is 0.251 e. The molecule has 1 aliphatic carbocycles. The summed E-state index contributed by atoms with van der Waals surface area (Å²) in [4.78, 5) is 38.8. The van der Waals surface area contributed by atoms with E-state index in [-0.39, 0.29) is 11.9 Å². The van der Waals surface area contributed by atoms with Gasteiger partial charge in [0.15, 0.2) is 0 Å². The summed E-state index contributed by atoms with van der Waals surface area (Å²) in [6.45, 7) is 4.92. The number of amides is 2. The van der Waals surface area contributed by atoms with Crippen LogP contribution in [-0.4, -0.2) is 58.9 Å². The molecule has 8 nitrogen and oxygen atoms in total. The molecule has 2 aromatic heterocycles. The zero-order valence-electron chi connectivity index (χ0n) is 15.9. The van der Waals surface area contributed by atoms with Crippen LogP contribution in [0.4, 0.5) is 10.9 Å². The molecule has 0 saturated carbocycles. The molecule has 9 heteroatoms. The molecule has 28 heavy (non-hydrogen) atoms. The molecule has 0 radical (unpaired) electrons. The number of nitrogens with two attached hydrogens (primary N) is 1. The summed E-state index contributed by atoms with van der Waals surface area (Å²) in [6.07, 6.45) is 6.33. The highest BCUT2D eigenvalue weighted by Crippen LogP contribution is 2.38. The number of hydrogen-bond acceptors (Lipinski definition) is 7. The zero-order chi connectivity index (χ0) is 19.7. The predicted octanol–water partition coefficient (Wildman–Crippen LogP) is 1.27. The van der Waals surface area contributed by atoms with E-state index in [0.717, 1.165) is 57.0 Å². The number of nitrogens with zero attached hydrogens (tertiary/aromatic N) is 4. The van der Waals surface area contributed by atoms with Crippen molar-refractivity contribution < 1.29 is 9.59 Å². The van der Waals surface area contributed by atoms with E-state index in [1.54, 1.807) is 18.5 Å². The second kappa shape index (κ2) is 7.84. The van der Waals surface area contributed by atoms with Gasteiger partial charge in [0.25, 0.3) is 5.91 Å². The highest BCUT2D eigenvalue weighted by Gasteiger charge is 2.30. The van der Waals surface area contributed by atoms with E-state index in [1.807, 2.05) is 6.92 Å². The first-order chi connectivity index (χ1) is 13.5. The SMILES string of the molecule is C[C@H](C(=O)Nc1sc2c(c1C(N)=O)CCC2)N1CCN(c2ncccn2)CC1. The van der Waals surface area contributed by atoms with Crippen LogP contribution in [0.3, 0.4) is 0 Å². The monoisotopic (exact) mass is 400 g/mol. The number of carbonyl (C=O) groups is 2. The number of fused-ring (bicyclic) bond motifs is 1. The van der Waals surface area contributed by atoms with Crippen molar-refractivity contribution in [2.24, 2.45) is 5.73 Å². The Labute approximate surface area is 167 Å². The van der Waals surface area contributed by atoms with Crippen LogP contribution in [0.25, 0.3) is 0 Å². The number of rotatable bonds is 5. The van der Waals surface area contributed by atoms with Gasteiger partial charge in [0.2, 0.25) is 11.9 Å². The topological polar surface area (TPSA) is 104 Å². The van der Waals surface area contributed by atoms with Gasteiger partial charge in [-0.1, -0.05) is 0 Å². The molecule has 1 fully saturated rings. The number of piperazine rings is 1. The van der Waals surface area contributed by atoms with Crippen LogP contribution in [0, 0.1) is 0 Å². The van der Waals surface area contributed by atoms with Crippen molar-refractivity contribution in [1.82, 2.24) is 14.9 Å². The molecule has 3 N–H and O–H groups in total. The molecule has 1 aliphatic heterocycles. The van der Waals surface area contributed by atoms with Gasteiger partial charge in [0.05, 0.1) is 11.6 Å². The number of thiophene rings is 1. The van der Waals surface area contributed by atoms with E-state index in [1.165, 1.54) is 16.2 Å². The van der Waals surface area contributed by atoms with Crippen LogP contribution in [0.2, 0.25) is 0 Å². The summed E-state index contributed by atoms with van der Waals surface area (Å²) >= 11 is 1.49. The van der Waals surface area contributed by atoms with Gasteiger partial charge in [-0.05, 0) is 37.8 Å². The molecule has 0 spiro atoms. The lowest BCUT2D eigenvalue weighted by atomic mass is 10.1. The number of hydrogen-bond donors (Lipinski definition) is 2. The van der Waals surface area contributed by atoms with Crippen LogP contribution in [-0.2, 0) is 17.6 Å². The van der Waals surface area contributed by atoms with Crippen LogP contribution >= 0.6 is 11.3 Å². The van der Waals surface area contributed by atoms with Crippen molar-refractivity contribution in [1.29, 1.82) is 0 Å². The van der Waals surface area contributed by atoms with E-state index in [2.05, 4.69) is 25.1 Å². The summed E-state index contributed by atoms with van der Waals surface area (Å²) in [5.74, 6) is 0.157. The second-order valence-corrected chi connectivity index (χ2v) is 8.27. The van der Waals surface area contributed by atoms with Gasteiger partial charge < -0.3 is 16.0 Å². The van der Waals surface area contributed by atoms with Crippen LogP contribution in [0.15, 0.2) is 18.5 Å². The van der Waals surface area contributed by atoms with Gasteiger partial charge >= 0.3 is 0 Å². The predicted molar refractivity (Wildman–Crippen MR) is 109 cm³/mol. The molecular weight excluding hydrogens is 376 g/mol. The molecule has 4 rings (SSSR count). The van der Waals surface area contributed by atoms with Crippen molar-refractivity contribution in [2.45, 2.75) is 32.2 Å². The van der Waals surface area contributed by atoms with Crippen molar-refractivity contribution >= 4 is 34.1 Å². The minimum absolute atomic E-state index is 0.105. The maximum atomic E-state index is 12.8. The van der Waals surface area contributed by atoms with Gasteiger partial charge in [0, 0.05) is 43.4 Å². The Hall–Kier alpha value is -2.52. The van der Waals surface area contributed by atoms with E-state index < -0.39 is 5.91 Å². The van der Waals surface area contributed by atoms with Crippen molar-refractivity contribution in [3.8, 4) is 0 Å². The van der Waals surface area contributed by atoms with Gasteiger partial charge in [-0.25, -0.2) is 9.97 Å². The summed E-state index contributed by atoms with van der Waals surface area (Å²) in [5, 5.41) is 3.56. The molecular formula is C19H24N6O2S. The fraction of sp³-hybridized carbons (Fsp3) is 0.474. The highest BCUT2D eigenvalue weighted by molar-refractivity contribution is 7.17. The lowest BCUT2D eigenvalue weighted by Gasteiger charge is -2.37. The summed E-state index contributed by atoms with van der Waals surface area (Å²) in [5.41, 5.74) is 7.11. The van der Waals surface area contributed by atoms with Crippen molar-refractivity contribution in [3.63, 3.8) is 0 Å². The average Bonchev–Trinajstić information content (AvgIpc) is 3.28. The van der Waals surface area contributed by atoms with Gasteiger partial charge in [0.1, 0.15) is 5.00 Å². The quantitative estimate of drug-likeness (QED) is 0.783.